The molecule has 0 aliphatic carbocycles. The number of hydrogen-bond acceptors (Lipinski definition) is 4. The number of anilines is 1. The van der Waals surface area contributed by atoms with Crippen LogP contribution in [0.25, 0.3) is 0 Å². The van der Waals surface area contributed by atoms with Crippen LogP contribution in [-0.2, 0) is 4.74 Å². The van der Waals surface area contributed by atoms with Crippen LogP contribution in [0.1, 0.15) is 10.4 Å². The fourth-order valence-electron chi connectivity index (χ4n) is 2.46. The van der Waals surface area contributed by atoms with Gasteiger partial charge in [0.1, 0.15) is 11.6 Å². The molecule has 1 saturated heterocycles. The van der Waals surface area contributed by atoms with Crippen molar-refractivity contribution in [2.75, 3.05) is 37.8 Å². The van der Waals surface area contributed by atoms with E-state index >= 15 is 0 Å². The van der Waals surface area contributed by atoms with E-state index in [4.69, 9.17) is 9.47 Å². The smallest absolute Gasteiger partial charge is 0.200 e. The average molecular weight is 315 g/mol. The minimum Gasteiger partial charge on any atom is -0.485 e. The molecule has 0 aromatic heterocycles. The number of benzene rings is 2. The Labute approximate surface area is 134 Å². The Morgan fingerprint density at radius 3 is 2.61 bits per heavy atom. The van der Waals surface area contributed by atoms with Crippen molar-refractivity contribution < 1.29 is 18.7 Å². The molecular formula is C18H18FNO3. The summed E-state index contributed by atoms with van der Waals surface area (Å²) in [4.78, 5) is 14.3. The molecule has 5 heteroatoms. The zero-order chi connectivity index (χ0) is 16.1. The maximum Gasteiger partial charge on any atom is 0.200 e. The molecule has 0 saturated carbocycles. The van der Waals surface area contributed by atoms with Crippen molar-refractivity contribution in [1.29, 1.82) is 0 Å². The second-order valence-corrected chi connectivity index (χ2v) is 5.32. The lowest BCUT2D eigenvalue weighted by atomic mass is 10.1. The Morgan fingerprint density at radius 1 is 1.13 bits per heavy atom. The summed E-state index contributed by atoms with van der Waals surface area (Å²) in [7, 11) is 0. The van der Waals surface area contributed by atoms with Gasteiger partial charge >= 0.3 is 0 Å². The SMILES string of the molecule is O=C(COc1cccc(N2CCOCC2)c1)c1ccc(F)cc1. The van der Waals surface area contributed by atoms with Crippen molar-refractivity contribution >= 4 is 11.5 Å². The lowest BCUT2D eigenvalue weighted by molar-refractivity contribution is 0.0921. The van der Waals surface area contributed by atoms with Crippen LogP contribution >= 0.6 is 0 Å². The van der Waals surface area contributed by atoms with E-state index in [0.29, 0.717) is 24.5 Å². The van der Waals surface area contributed by atoms with E-state index in [0.717, 1.165) is 18.8 Å². The summed E-state index contributed by atoms with van der Waals surface area (Å²) in [5, 5.41) is 0. The molecule has 0 radical (unpaired) electrons. The quantitative estimate of drug-likeness (QED) is 0.795. The van der Waals surface area contributed by atoms with Gasteiger partial charge in [-0.3, -0.25) is 4.79 Å². The molecule has 0 bridgehead atoms. The molecule has 2 aromatic rings. The number of Topliss-reactive ketones (excluding diaryl/α,β-unsaturated/α-hetero) is 1. The van der Waals surface area contributed by atoms with Gasteiger partial charge < -0.3 is 14.4 Å². The van der Waals surface area contributed by atoms with Crippen molar-refractivity contribution in [3.8, 4) is 5.75 Å². The molecule has 3 rings (SSSR count). The molecule has 0 amide bonds. The van der Waals surface area contributed by atoms with E-state index < -0.39 is 0 Å². The summed E-state index contributed by atoms with van der Waals surface area (Å²) in [6, 6.07) is 13.1. The molecule has 4 nitrogen and oxygen atoms in total. The van der Waals surface area contributed by atoms with E-state index in [-0.39, 0.29) is 18.2 Å². The minimum absolute atomic E-state index is 0.0712. The van der Waals surface area contributed by atoms with Crippen LogP contribution in [0, 0.1) is 5.82 Å². The summed E-state index contributed by atoms with van der Waals surface area (Å²) in [5.41, 5.74) is 1.50. The predicted octanol–water partition coefficient (Wildman–Crippen LogP) is 2.92. The van der Waals surface area contributed by atoms with Crippen LogP contribution in [0.4, 0.5) is 10.1 Å². The first kappa shape index (κ1) is 15.5. The lowest BCUT2D eigenvalue weighted by Crippen LogP contribution is -2.36. The largest absolute Gasteiger partial charge is 0.485 e. The third-order valence-corrected chi connectivity index (χ3v) is 3.73. The predicted molar refractivity (Wildman–Crippen MR) is 85.7 cm³/mol. The Kier molecular flexibility index (Phi) is 4.88. The van der Waals surface area contributed by atoms with E-state index in [2.05, 4.69) is 4.90 Å². The molecule has 1 fully saturated rings. The number of carbonyl (C=O) groups is 1. The van der Waals surface area contributed by atoms with Gasteiger partial charge in [0, 0.05) is 30.4 Å². The number of rotatable bonds is 5. The monoisotopic (exact) mass is 315 g/mol. The molecule has 120 valence electrons. The summed E-state index contributed by atoms with van der Waals surface area (Å²) in [5.74, 6) is 0.104. The highest BCUT2D eigenvalue weighted by atomic mass is 19.1. The Balaban J connectivity index is 1.61. The number of nitrogens with zero attached hydrogens (tertiary/aromatic N) is 1. The topological polar surface area (TPSA) is 38.8 Å². The van der Waals surface area contributed by atoms with Crippen LogP contribution in [-0.4, -0.2) is 38.7 Å². The van der Waals surface area contributed by atoms with Crippen molar-refractivity contribution in [1.82, 2.24) is 0 Å². The highest BCUT2D eigenvalue weighted by Crippen LogP contribution is 2.22. The van der Waals surface area contributed by atoms with Crippen LogP contribution in [0.5, 0.6) is 5.75 Å². The average Bonchev–Trinajstić information content (AvgIpc) is 2.61. The Morgan fingerprint density at radius 2 is 1.87 bits per heavy atom. The lowest BCUT2D eigenvalue weighted by Gasteiger charge is -2.29. The number of morpholine rings is 1. The van der Waals surface area contributed by atoms with Crippen LogP contribution in [0.3, 0.4) is 0 Å². The highest BCUT2D eigenvalue weighted by molar-refractivity contribution is 5.97. The Bertz CT molecular complexity index is 666. The van der Waals surface area contributed by atoms with E-state index in [1.54, 1.807) is 0 Å². The molecule has 1 aliphatic heterocycles. The summed E-state index contributed by atoms with van der Waals surface area (Å²) in [6.45, 7) is 3.05. The van der Waals surface area contributed by atoms with E-state index in [1.165, 1.54) is 24.3 Å². The van der Waals surface area contributed by atoms with Gasteiger partial charge in [-0.2, -0.15) is 0 Å². The first-order valence-corrected chi connectivity index (χ1v) is 7.57. The van der Waals surface area contributed by atoms with Gasteiger partial charge in [0.05, 0.1) is 13.2 Å². The van der Waals surface area contributed by atoms with Gasteiger partial charge in [-0.05, 0) is 36.4 Å². The number of halogens is 1. The molecule has 1 heterocycles. The molecule has 0 atom stereocenters. The van der Waals surface area contributed by atoms with E-state index in [9.17, 15) is 9.18 Å². The number of ketones is 1. The molecule has 0 spiro atoms. The van der Waals surface area contributed by atoms with Crippen molar-refractivity contribution in [3.63, 3.8) is 0 Å². The maximum atomic E-state index is 12.9. The number of carbonyl (C=O) groups excluding carboxylic acids is 1. The third-order valence-electron chi connectivity index (χ3n) is 3.73. The normalized spacial score (nSPS) is 14.6. The van der Waals surface area contributed by atoms with Crippen LogP contribution in [0.2, 0.25) is 0 Å². The fourth-order valence-corrected chi connectivity index (χ4v) is 2.46. The minimum atomic E-state index is -0.360. The number of hydrogen-bond donors (Lipinski definition) is 0. The first-order valence-electron chi connectivity index (χ1n) is 7.57. The van der Waals surface area contributed by atoms with Crippen molar-refractivity contribution in [2.24, 2.45) is 0 Å². The Hall–Kier alpha value is -2.40. The first-order chi connectivity index (χ1) is 11.2. The highest BCUT2D eigenvalue weighted by Gasteiger charge is 2.12. The van der Waals surface area contributed by atoms with Gasteiger partial charge in [0.2, 0.25) is 0 Å². The molecule has 1 aliphatic rings. The molecule has 23 heavy (non-hydrogen) atoms. The summed E-state index contributed by atoms with van der Waals surface area (Å²) in [6.07, 6.45) is 0. The molecular weight excluding hydrogens is 297 g/mol. The zero-order valence-electron chi connectivity index (χ0n) is 12.7. The zero-order valence-corrected chi connectivity index (χ0v) is 12.7. The van der Waals surface area contributed by atoms with Crippen molar-refractivity contribution in [2.45, 2.75) is 0 Å². The fraction of sp³-hybridized carbons (Fsp3) is 0.278. The molecule has 2 aromatic carbocycles. The van der Waals surface area contributed by atoms with Crippen molar-refractivity contribution in [3.05, 3.63) is 59.9 Å². The van der Waals surface area contributed by atoms with Gasteiger partial charge in [0.25, 0.3) is 0 Å². The second kappa shape index (κ2) is 7.24. The standard InChI is InChI=1S/C18H18FNO3/c19-15-6-4-14(5-7-15)18(21)13-23-17-3-1-2-16(12-17)20-8-10-22-11-9-20/h1-7,12H,8-11,13H2. The summed E-state index contributed by atoms with van der Waals surface area (Å²) < 4.78 is 23.8. The van der Waals surface area contributed by atoms with Crippen LogP contribution < -0.4 is 9.64 Å². The van der Waals surface area contributed by atoms with Gasteiger partial charge in [-0.25, -0.2) is 4.39 Å². The van der Waals surface area contributed by atoms with Gasteiger partial charge in [-0.15, -0.1) is 0 Å². The van der Waals surface area contributed by atoms with Gasteiger partial charge in [0.15, 0.2) is 12.4 Å². The number of ether oxygens (including phenoxy) is 2. The van der Waals surface area contributed by atoms with Gasteiger partial charge in [-0.1, -0.05) is 6.07 Å². The second-order valence-electron chi connectivity index (χ2n) is 5.32. The maximum absolute atomic E-state index is 12.9. The molecule has 0 unspecified atom stereocenters. The van der Waals surface area contributed by atoms with E-state index in [1.807, 2.05) is 24.3 Å². The third kappa shape index (κ3) is 4.07. The molecule has 0 N–H and O–H groups in total. The summed E-state index contributed by atoms with van der Waals surface area (Å²) >= 11 is 0. The van der Waals surface area contributed by atoms with Crippen LogP contribution in [0.15, 0.2) is 48.5 Å².